The van der Waals surface area contributed by atoms with Crippen LogP contribution < -0.4 is 14.8 Å². The Kier molecular flexibility index (Phi) is 4.78. The molecule has 2 rings (SSSR count). The summed E-state index contributed by atoms with van der Waals surface area (Å²) in [4.78, 5) is 0. The molecule has 0 spiro atoms. The van der Waals surface area contributed by atoms with Gasteiger partial charge in [0.1, 0.15) is 18.1 Å². The zero-order chi connectivity index (χ0) is 14.4. The van der Waals surface area contributed by atoms with Gasteiger partial charge in [-0.15, -0.1) is 5.10 Å². The third kappa shape index (κ3) is 3.39. The molecule has 1 aromatic carbocycles. The Hall–Kier alpha value is -2.28. The summed E-state index contributed by atoms with van der Waals surface area (Å²) in [6, 6.07) is 5.91. The van der Waals surface area contributed by atoms with Crippen molar-refractivity contribution in [1.82, 2.24) is 10.2 Å². The molecule has 108 valence electrons. The summed E-state index contributed by atoms with van der Waals surface area (Å²) in [5.41, 5.74) is 0.929. The molecular weight excluding hydrogens is 262 g/mol. The molecule has 0 atom stereocenters. The third-order valence-corrected chi connectivity index (χ3v) is 2.65. The first kappa shape index (κ1) is 14.1. The number of nitrogens with one attached hydrogen (secondary N) is 1. The number of methoxy groups -OCH3 is 3. The summed E-state index contributed by atoms with van der Waals surface area (Å²) in [5, 5.41) is 10.7. The van der Waals surface area contributed by atoms with Crippen LogP contribution in [0.1, 0.15) is 11.5 Å². The smallest absolute Gasteiger partial charge is 0.315 e. The molecule has 0 aliphatic carbocycles. The van der Waals surface area contributed by atoms with Crippen molar-refractivity contribution in [3.8, 4) is 11.5 Å². The minimum Gasteiger partial charge on any atom is -0.497 e. The molecule has 2 aromatic rings. The lowest BCUT2D eigenvalue weighted by atomic mass is 10.2. The number of ether oxygens (including phenoxy) is 3. The predicted octanol–water partition coefficient (Wildman–Crippen LogP) is 1.85. The number of hydrogen-bond acceptors (Lipinski definition) is 7. The van der Waals surface area contributed by atoms with Gasteiger partial charge in [0.05, 0.1) is 14.2 Å². The molecule has 0 bridgehead atoms. The standard InChI is InChI=1S/C13H17N3O4/c1-17-8-12-15-16-13(20-12)14-7-9-6-10(18-2)4-5-11(9)19-3/h4-6H,7-8H2,1-3H3,(H,14,16). The van der Waals surface area contributed by atoms with Gasteiger partial charge in [-0.1, -0.05) is 5.10 Å². The second kappa shape index (κ2) is 6.76. The van der Waals surface area contributed by atoms with Crippen LogP contribution in [0.15, 0.2) is 22.6 Å². The number of anilines is 1. The topological polar surface area (TPSA) is 78.6 Å². The van der Waals surface area contributed by atoms with Gasteiger partial charge in [-0.05, 0) is 18.2 Å². The molecule has 1 heterocycles. The lowest BCUT2D eigenvalue weighted by Gasteiger charge is -2.10. The van der Waals surface area contributed by atoms with E-state index in [1.54, 1.807) is 21.3 Å². The Morgan fingerprint density at radius 1 is 1.15 bits per heavy atom. The van der Waals surface area contributed by atoms with Crippen LogP contribution in [0.25, 0.3) is 0 Å². The van der Waals surface area contributed by atoms with Gasteiger partial charge in [0.25, 0.3) is 0 Å². The Morgan fingerprint density at radius 3 is 2.70 bits per heavy atom. The predicted molar refractivity (Wildman–Crippen MR) is 71.9 cm³/mol. The monoisotopic (exact) mass is 279 g/mol. The van der Waals surface area contributed by atoms with Gasteiger partial charge in [-0.2, -0.15) is 0 Å². The van der Waals surface area contributed by atoms with Crippen LogP contribution >= 0.6 is 0 Å². The van der Waals surface area contributed by atoms with Crippen LogP contribution in [0.3, 0.4) is 0 Å². The van der Waals surface area contributed by atoms with Gasteiger partial charge in [0, 0.05) is 19.2 Å². The first-order chi connectivity index (χ1) is 9.76. The molecule has 1 aromatic heterocycles. The zero-order valence-corrected chi connectivity index (χ0v) is 11.7. The number of rotatable bonds is 7. The second-order valence-corrected chi connectivity index (χ2v) is 3.97. The molecule has 0 aliphatic rings. The van der Waals surface area contributed by atoms with Crippen LogP contribution in [-0.2, 0) is 17.9 Å². The molecule has 0 saturated carbocycles. The van der Waals surface area contributed by atoms with E-state index >= 15 is 0 Å². The van der Waals surface area contributed by atoms with Crippen molar-refractivity contribution >= 4 is 6.01 Å². The van der Waals surface area contributed by atoms with Gasteiger partial charge in [0.2, 0.25) is 5.89 Å². The van der Waals surface area contributed by atoms with Crippen LogP contribution in [0, 0.1) is 0 Å². The molecule has 7 heteroatoms. The second-order valence-electron chi connectivity index (χ2n) is 3.97. The number of benzene rings is 1. The van der Waals surface area contributed by atoms with E-state index in [9.17, 15) is 0 Å². The normalized spacial score (nSPS) is 10.3. The molecule has 0 unspecified atom stereocenters. The molecular formula is C13H17N3O4. The van der Waals surface area contributed by atoms with Crippen molar-refractivity contribution in [1.29, 1.82) is 0 Å². The zero-order valence-electron chi connectivity index (χ0n) is 11.7. The van der Waals surface area contributed by atoms with Crippen LogP contribution in [0.4, 0.5) is 6.01 Å². The Morgan fingerprint density at radius 2 is 2.00 bits per heavy atom. The van der Waals surface area contributed by atoms with E-state index < -0.39 is 0 Å². The van der Waals surface area contributed by atoms with Crippen molar-refractivity contribution in [3.63, 3.8) is 0 Å². The molecule has 0 radical (unpaired) electrons. The number of aromatic nitrogens is 2. The van der Waals surface area contributed by atoms with E-state index in [-0.39, 0.29) is 6.61 Å². The van der Waals surface area contributed by atoms with Gasteiger partial charge < -0.3 is 23.9 Å². The van der Waals surface area contributed by atoms with Crippen LogP contribution in [0.2, 0.25) is 0 Å². The van der Waals surface area contributed by atoms with Crippen molar-refractivity contribution < 1.29 is 18.6 Å². The molecule has 0 saturated heterocycles. The van der Waals surface area contributed by atoms with Crippen LogP contribution in [0.5, 0.6) is 11.5 Å². The average molecular weight is 279 g/mol. The number of nitrogens with zero attached hydrogens (tertiary/aromatic N) is 2. The molecule has 1 N–H and O–H groups in total. The van der Waals surface area contributed by atoms with Crippen molar-refractivity contribution in [3.05, 3.63) is 29.7 Å². The largest absolute Gasteiger partial charge is 0.497 e. The highest BCUT2D eigenvalue weighted by atomic mass is 16.5. The Bertz CT molecular complexity index is 556. The van der Waals surface area contributed by atoms with E-state index in [1.165, 1.54) is 0 Å². The third-order valence-electron chi connectivity index (χ3n) is 2.65. The maximum atomic E-state index is 5.35. The van der Waals surface area contributed by atoms with Gasteiger partial charge in [-0.3, -0.25) is 0 Å². The molecule has 7 nitrogen and oxygen atoms in total. The summed E-state index contributed by atoms with van der Waals surface area (Å²) in [5.74, 6) is 1.94. The summed E-state index contributed by atoms with van der Waals surface area (Å²) >= 11 is 0. The summed E-state index contributed by atoms with van der Waals surface area (Å²) in [6.07, 6.45) is 0. The van der Waals surface area contributed by atoms with Crippen molar-refractivity contribution in [2.75, 3.05) is 26.6 Å². The van der Waals surface area contributed by atoms with Gasteiger partial charge in [0.15, 0.2) is 0 Å². The van der Waals surface area contributed by atoms with E-state index in [4.69, 9.17) is 18.6 Å². The Balaban J connectivity index is 2.05. The maximum absolute atomic E-state index is 5.35. The molecule has 0 amide bonds. The summed E-state index contributed by atoms with van der Waals surface area (Å²) < 4.78 is 20.7. The average Bonchev–Trinajstić information content (AvgIpc) is 2.93. The van der Waals surface area contributed by atoms with Gasteiger partial charge in [-0.25, -0.2) is 0 Å². The van der Waals surface area contributed by atoms with E-state index in [1.807, 2.05) is 18.2 Å². The molecule has 0 aliphatic heterocycles. The highest BCUT2D eigenvalue weighted by Crippen LogP contribution is 2.24. The van der Waals surface area contributed by atoms with E-state index in [0.717, 1.165) is 17.1 Å². The van der Waals surface area contributed by atoms with E-state index in [2.05, 4.69) is 15.5 Å². The summed E-state index contributed by atoms with van der Waals surface area (Å²) in [6.45, 7) is 0.770. The van der Waals surface area contributed by atoms with Crippen molar-refractivity contribution in [2.24, 2.45) is 0 Å². The molecule has 0 fully saturated rings. The highest BCUT2D eigenvalue weighted by Gasteiger charge is 2.08. The van der Waals surface area contributed by atoms with E-state index in [0.29, 0.717) is 18.5 Å². The SMILES string of the molecule is COCc1nnc(NCc2cc(OC)ccc2OC)o1. The Labute approximate surface area is 116 Å². The molecule has 20 heavy (non-hydrogen) atoms. The van der Waals surface area contributed by atoms with Crippen molar-refractivity contribution in [2.45, 2.75) is 13.2 Å². The fraction of sp³-hybridized carbons (Fsp3) is 0.385. The number of hydrogen-bond donors (Lipinski definition) is 1. The van der Waals surface area contributed by atoms with Crippen LogP contribution in [-0.4, -0.2) is 31.5 Å². The fourth-order valence-electron chi connectivity index (χ4n) is 1.70. The quantitative estimate of drug-likeness (QED) is 0.828. The fourth-order valence-corrected chi connectivity index (χ4v) is 1.70. The first-order valence-corrected chi connectivity index (χ1v) is 6.03. The lowest BCUT2D eigenvalue weighted by Crippen LogP contribution is -2.02. The lowest BCUT2D eigenvalue weighted by molar-refractivity contribution is 0.160. The van der Waals surface area contributed by atoms with Gasteiger partial charge >= 0.3 is 6.01 Å². The first-order valence-electron chi connectivity index (χ1n) is 6.03. The minimum atomic E-state index is 0.289. The summed E-state index contributed by atoms with van der Waals surface area (Å²) in [7, 11) is 4.81. The maximum Gasteiger partial charge on any atom is 0.315 e. The minimum absolute atomic E-state index is 0.289. The highest BCUT2D eigenvalue weighted by molar-refractivity contribution is 5.41.